The fourth-order valence-electron chi connectivity index (χ4n) is 3.96. The maximum absolute atomic E-state index is 13.3. The van der Waals surface area contributed by atoms with Crippen molar-refractivity contribution in [2.45, 2.75) is 25.2 Å². The Labute approximate surface area is 185 Å². The van der Waals surface area contributed by atoms with Crippen LogP contribution in [0.3, 0.4) is 0 Å². The van der Waals surface area contributed by atoms with Gasteiger partial charge in [0.1, 0.15) is 16.4 Å². The predicted octanol–water partition coefficient (Wildman–Crippen LogP) is 2.10. The quantitative estimate of drug-likeness (QED) is 0.642. The highest BCUT2D eigenvalue weighted by Crippen LogP contribution is 2.24. The molecule has 0 aliphatic carbocycles. The molecule has 0 atom stereocenters. The molecule has 1 fully saturated rings. The van der Waals surface area contributed by atoms with Crippen LogP contribution < -0.4 is 0 Å². The molecule has 0 bridgehead atoms. The first-order chi connectivity index (χ1) is 15.2. The number of hydrogen-bond acceptors (Lipinski definition) is 5. The van der Waals surface area contributed by atoms with Crippen LogP contribution in [0.4, 0.5) is 4.39 Å². The number of rotatable bonds is 4. The van der Waals surface area contributed by atoms with Crippen molar-refractivity contribution in [1.82, 2.24) is 29.2 Å². The third-order valence-corrected chi connectivity index (χ3v) is 7.88. The van der Waals surface area contributed by atoms with Crippen LogP contribution in [0.15, 0.2) is 35.2 Å². The van der Waals surface area contributed by atoms with Gasteiger partial charge in [-0.2, -0.15) is 14.5 Å². The number of sulfonamides is 1. The molecule has 0 unspecified atom stereocenters. The normalized spacial score (nSPS) is 15.7. The van der Waals surface area contributed by atoms with E-state index in [1.165, 1.54) is 16.4 Å². The van der Waals surface area contributed by atoms with Crippen LogP contribution in [0, 0.1) is 19.7 Å². The van der Waals surface area contributed by atoms with Gasteiger partial charge in [-0.15, -0.1) is 0 Å². The van der Waals surface area contributed by atoms with Gasteiger partial charge in [0, 0.05) is 38.8 Å². The van der Waals surface area contributed by atoms with E-state index in [1.807, 2.05) is 0 Å². The smallest absolute Gasteiger partial charge is 0.271 e. The Morgan fingerprint density at radius 1 is 1.09 bits per heavy atom. The Kier molecular flexibility index (Phi) is 5.87. The lowest BCUT2D eigenvalue weighted by molar-refractivity contribution is 0.0758. The number of nitrogens with zero attached hydrogens (tertiary/aromatic N) is 5. The number of benzene rings is 1. The van der Waals surface area contributed by atoms with Crippen molar-refractivity contribution in [3.8, 4) is 11.3 Å². The maximum Gasteiger partial charge on any atom is 0.271 e. The van der Waals surface area contributed by atoms with E-state index in [0.29, 0.717) is 47.8 Å². The van der Waals surface area contributed by atoms with Gasteiger partial charge in [0.15, 0.2) is 0 Å². The summed E-state index contributed by atoms with van der Waals surface area (Å²) in [6.45, 7) is 4.63. The van der Waals surface area contributed by atoms with E-state index in [-0.39, 0.29) is 29.7 Å². The Bertz CT molecular complexity index is 1250. The van der Waals surface area contributed by atoms with E-state index in [2.05, 4.69) is 15.3 Å². The summed E-state index contributed by atoms with van der Waals surface area (Å²) in [5.74, 6) is -0.597. The second-order valence-corrected chi connectivity index (χ2v) is 9.72. The molecule has 11 heteroatoms. The fraction of sp³-hybridized carbons (Fsp3) is 0.381. The van der Waals surface area contributed by atoms with Gasteiger partial charge >= 0.3 is 0 Å². The Morgan fingerprint density at radius 2 is 1.81 bits per heavy atom. The van der Waals surface area contributed by atoms with Crippen molar-refractivity contribution in [1.29, 1.82) is 0 Å². The van der Waals surface area contributed by atoms with Gasteiger partial charge in [-0.3, -0.25) is 14.6 Å². The summed E-state index contributed by atoms with van der Waals surface area (Å²) in [5, 5.41) is 11.1. The molecule has 1 aliphatic rings. The van der Waals surface area contributed by atoms with Gasteiger partial charge < -0.3 is 4.90 Å². The number of carbonyl (C=O) groups is 1. The summed E-state index contributed by atoms with van der Waals surface area (Å²) >= 11 is 0. The number of aromatic amines is 1. The fourth-order valence-corrected chi connectivity index (χ4v) is 5.83. The molecule has 4 rings (SSSR count). The highest BCUT2D eigenvalue weighted by atomic mass is 32.2. The van der Waals surface area contributed by atoms with Crippen LogP contribution in [-0.2, 0) is 17.1 Å². The van der Waals surface area contributed by atoms with Crippen LogP contribution >= 0.6 is 0 Å². The monoisotopic (exact) mass is 460 g/mol. The summed E-state index contributed by atoms with van der Waals surface area (Å²) in [6.07, 6.45) is 0.516. The average Bonchev–Trinajstić information content (AvgIpc) is 3.23. The third-order valence-electron chi connectivity index (χ3n) is 5.73. The molecule has 3 aromatic rings. The average molecular weight is 461 g/mol. The van der Waals surface area contributed by atoms with Crippen molar-refractivity contribution in [2.24, 2.45) is 7.05 Å². The van der Waals surface area contributed by atoms with Crippen LogP contribution in [0.1, 0.15) is 28.3 Å². The van der Waals surface area contributed by atoms with Crippen molar-refractivity contribution >= 4 is 15.9 Å². The molecule has 1 aromatic carbocycles. The number of halogens is 1. The first kappa shape index (κ1) is 22.2. The Balaban J connectivity index is 1.49. The second kappa shape index (κ2) is 8.47. The van der Waals surface area contributed by atoms with Crippen molar-refractivity contribution < 1.29 is 17.6 Å². The molecule has 9 nitrogen and oxygen atoms in total. The highest BCUT2D eigenvalue weighted by Gasteiger charge is 2.33. The minimum atomic E-state index is -3.71. The van der Waals surface area contributed by atoms with Gasteiger partial charge in [-0.05, 0) is 50.6 Å². The lowest BCUT2D eigenvalue weighted by Crippen LogP contribution is -2.37. The Morgan fingerprint density at radius 3 is 2.47 bits per heavy atom. The lowest BCUT2D eigenvalue weighted by Gasteiger charge is -2.21. The van der Waals surface area contributed by atoms with E-state index in [1.54, 1.807) is 48.7 Å². The van der Waals surface area contributed by atoms with Gasteiger partial charge in [-0.25, -0.2) is 12.8 Å². The molecule has 1 saturated heterocycles. The zero-order chi connectivity index (χ0) is 23.0. The third kappa shape index (κ3) is 4.05. The molecule has 0 radical (unpaired) electrons. The molecule has 0 spiro atoms. The van der Waals surface area contributed by atoms with E-state index in [9.17, 15) is 17.6 Å². The molecule has 1 aliphatic heterocycles. The van der Waals surface area contributed by atoms with E-state index >= 15 is 0 Å². The number of carbonyl (C=O) groups excluding carboxylic acids is 1. The lowest BCUT2D eigenvalue weighted by atomic mass is 10.1. The Hall–Kier alpha value is -3.05. The molecule has 1 amide bonds. The topological polar surface area (TPSA) is 104 Å². The summed E-state index contributed by atoms with van der Waals surface area (Å²) in [5.41, 5.74) is 2.59. The van der Waals surface area contributed by atoms with Crippen LogP contribution in [-0.4, -0.2) is 69.7 Å². The van der Waals surface area contributed by atoms with Crippen molar-refractivity contribution in [3.05, 3.63) is 53.2 Å². The number of H-pyrrole nitrogens is 1. The number of hydrogen-bond donors (Lipinski definition) is 1. The second-order valence-electron chi connectivity index (χ2n) is 7.85. The molecule has 170 valence electrons. The van der Waals surface area contributed by atoms with Crippen LogP contribution in [0.5, 0.6) is 0 Å². The van der Waals surface area contributed by atoms with Gasteiger partial charge in [0.2, 0.25) is 10.0 Å². The number of aryl methyl sites for hydroxylation is 2. The molecule has 0 saturated carbocycles. The SMILES string of the molecule is Cc1nn(C)c(C)c1S(=O)(=O)N1CCCN(C(=O)c2cc(-c3ccc(F)cc3)n[nH]2)CC1. The summed E-state index contributed by atoms with van der Waals surface area (Å²) < 4.78 is 42.6. The maximum atomic E-state index is 13.3. The van der Waals surface area contributed by atoms with Crippen LogP contribution in [0.25, 0.3) is 11.3 Å². The molecular weight excluding hydrogens is 435 g/mol. The van der Waals surface area contributed by atoms with Gasteiger partial charge in [0.25, 0.3) is 5.91 Å². The number of nitrogens with one attached hydrogen (secondary N) is 1. The van der Waals surface area contributed by atoms with E-state index in [4.69, 9.17) is 0 Å². The van der Waals surface area contributed by atoms with Crippen molar-refractivity contribution in [3.63, 3.8) is 0 Å². The largest absolute Gasteiger partial charge is 0.336 e. The highest BCUT2D eigenvalue weighted by molar-refractivity contribution is 7.89. The van der Waals surface area contributed by atoms with E-state index < -0.39 is 10.0 Å². The molecule has 2 aromatic heterocycles. The summed E-state index contributed by atoms with van der Waals surface area (Å²) in [7, 11) is -2.00. The number of aromatic nitrogens is 4. The van der Waals surface area contributed by atoms with Gasteiger partial charge in [0.05, 0.1) is 17.1 Å². The van der Waals surface area contributed by atoms with Crippen molar-refractivity contribution in [2.75, 3.05) is 26.2 Å². The first-order valence-electron chi connectivity index (χ1n) is 10.3. The molecular formula is C21H25FN6O3S. The van der Waals surface area contributed by atoms with Crippen LogP contribution in [0.2, 0.25) is 0 Å². The first-order valence-corrected chi connectivity index (χ1v) is 11.7. The summed E-state index contributed by atoms with van der Waals surface area (Å²) in [6, 6.07) is 7.48. The minimum Gasteiger partial charge on any atom is -0.336 e. The van der Waals surface area contributed by atoms with Gasteiger partial charge in [-0.1, -0.05) is 0 Å². The standard InChI is InChI=1S/C21H25FN6O3S/c1-14-20(15(2)26(3)25-14)32(30,31)28-10-4-9-27(11-12-28)21(29)19-13-18(23-24-19)16-5-7-17(22)8-6-16/h5-8,13H,4,9-12H2,1-3H3,(H,23,24). The molecule has 32 heavy (non-hydrogen) atoms. The molecule has 1 N–H and O–H groups in total. The summed E-state index contributed by atoms with van der Waals surface area (Å²) in [4.78, 5) is 14.9. The minimum absolute atomic E-state index is 0.195. The molecule has 3 heterocycles. The zero-order valence-corrected chi connectivity index (χ0v) is 19.0. The van der Waals surface area contributed by atoms with E-state index in [0.717, 1.165) is 0 Å². The predicted molar refractivity (Wildman–Crippen MR) is 116 cm³/mol. The number of amides is 1. The zero-order valence-electron chi connectivity index (χ0n) is 18.2.